The third kappa shape index (κ3) is 6.41. The highest BCUT2D eigenvalue weighted by molar-refractivity contribution is 7.99. The lowest BCUT2D eigenvalue weighted by molar-refractivity contribution is -0.186. The Labute approximate surface area is 192 Å². The van der Waals surface area contributed by atoms with Crippen molar-refractivity contribution < 1.29 is 42.1 Å². The fourth-order valence-electron chi connectivity index (χ4n) is 3.30. The zero-order valence-electron chi connectivity index (χ0n) is 17.9. The molecular weight excluding hydrogens is 460 g/mol. The fraction of sp³-hybridized carbons (Fsp3) is 0.364. The standard InChI is InChI=1S/C22H21F2NO7S/c1-11(26)29-19-10-33-22(21(31-13(3)28)20(19)30-12(2)27)32-16-6-14(8-25-9-16)17-5-4-15(23)7-18(17)24/h4-9,19-22H,10H2,1-3H3/t19-,20+,21-,22+/m1/s1. The first-order chi connectivity index (χ1) is 15.6. The number of carbonyl (C=O) groups excluding carboxylic acids is 3. The molecule has 0 aliphatic carbocycles. The van der Waals surface area contributed by atoms with Gasteiger partial charge >= 0.3 is 17.9 Å². The minimum Gasteiger partial charge on any atom is -0.474 e. The van der Waals surface area contributed by atoms with Gasteiger partial charge in [0, 0.05) is 49.9 Å². The molecule has 1 aromatic carbocycles. The number of esters is 3. The topological polar surface area (TPSA) is 101 Å². The van der Waals surface area contributed by atoms with Crippen LogP contribution in [0.2, 0.25) is 0 Å². The Bertz CT molecular complexity index is 1050. The highest BCUT2D eigenvalue weighted by Gasteiger charge is 2.47. The number of ether oxygens (including phenoxy) is 4. The number of rotatable bonds is 6. The molecule has 0 bridgehead atoms. The number of thioether (sulfide) groups is 1. The summed E-state index contributed by atoms with van der Waals surface area (Å²) in [4.78, 5) is 39.0. The van der Waals surface area contributed by atoms with Gasteiger partial charge in [0.15, 0.2) is 23.7 Å². The monoisotopic (exact) mass is 481 g/mol. The molecular formula is C22H21F2NO7S. The van der Waals surface area contributed by atoms with Crippen LogP contribution in [0.3, 0.4) is 0 Å². The summed E-state index contributed by atoms with van der Waals surface area (Å²) in [7, 11) is 0. The van der Waals surface area contributed by atoms with Crippen molar-refractivity contribution in [1.82, 2.24) is 4.98 Å². The van der Waals surface area contributed by atoms with E-state index >= 15 is 0 Å². The number of halogens is 2. The zero-order valence-corrected chi connectivity index (χ0v) is 18.8. The Morgan fingerprint density at radius 2 is 1.61 bits per heavy atom. The first-order valence-corrected chi connectivity index (χ1v) is 10.9. The van der Waals surface area contributed by atoms with Crippen molar-refractivity contribution in [3.8, 4) is 16.9 Å². The molecule has 0 spiro atoms. The van der Waals surface area contributed by atoms with Gasteiger partial charge in [0.1, 0.15) is 17.4 Å². The van der Waals surface area contributed by atoms with E-state index in [0.717, 1.165) is 12.1 Å². The molecule has 1 aromatic heterocycles. The normalized spacial score (nSPS) is 22.2. The van der Waals surface area contributed by atoms with E-state index in [0.29, 0.717) is 5.56 Å². The third-order valence-electron chi connectivity index (χ3n) is 4.51. The Morgan fingerprint density at radius 3 is 2.24 bits per heavy atom. The van der Waals surface area contributed by atoms with E-state index in [1.165, 1.54) is 57.1 Å². The number of carbonyl (C=O) groups is 3. The second-order valence-electron chi connectivity index (χ2n) is 7.15. The molecule has 33 heavy (non-hydrogen) atoms. The van der Waals surface area contributed by atoms with Crippen molar-refractivity contribution in [2.24, 2.45) is 0 Å². The predicted molar refractivity (Wildman–Crippen MR) is 113 cm³/mol. The van der Waals surface area contributed by atoms with Crippen LogP contribution in [-0.2, 0) is 28.6 Å². The highest BCUT2D eigenvalue weighted by atomic mass is 32.2. The molecule has 1 aliphatic rings. The number of aromatic nitrogens is 1. The Balaban J connectivity index is 1.88. The largest absolute Gasteiger partial charge is 0.474 e. The summed E-state index contributed by atoms with van der Waals surface area (Å²) in [6.07, 6.45) is -0.319. The van der Waals surface area contributed by atoms with Gasteiger partial charge < -0.3 is 18.9 Å². The van der Waals surface area contributed by atoms with Crippen LogP contribution in [0.25, 0.3) is 11.1 Å². The van der Waals surface area contributed by atoms with Gasteiger partial charge in [-0.05, 0) is 18.2 Å². The first kappa shape index (κ1) is 24.4. The summed E-state index contributed by atoms with van der Waals surface area (Å²) in [5, 5.41) is 0. The molecule has 0 radical (unpaired) electrons. The van der Waals surface area contributed by atoms with Crippen molar-refractivity contribution in [1.29, 1.82) is 0 Å². The lowest BCUT2D eigenvalue weighted by atomic mass is 10.1. The van der Waals surface area contributed by atoms with Crippen LogP contribution >= 0.6 is 11.8 Å². The van der Waals surface area contributed by atoms with Crippen LogP contribution in [0, 0.1) is 11.6 Å². The predicted octanol–water partition coefficient (Wildman–Crippen LogP) is 3.27. The molecule has 176 valence electrons. The minimum atomic E-state index is -1.11. The van der Waals surface area contributed by atoms with Gasteiger partial charge in [-0.1, -0.05) is 0 Å². The van der Waals surface area contributed by atoms with Crippen molar-refractivity contribution in [3.63, 3.8) is 0 Å². The van der Waals surface area contributed by atoms with Gasteiger partial charge in [0.25, 0.3) is 0 Å². The number of pyridine rings is 1. The number of benzene rings is 1. The van der Waals surface area contributed by atoms with E-state index in [2.05, 4.69) is 4.98 Å². The van der Waals surface area contributed by atoms with Crippen molar-refractivity contribution in [2.75, 3.05) is 5.75 Å². The van der Waals surface area contributed by atoms with Crippen LogP contribution in [0.1, 0.15) is 20.8 Å². The van der Waals surface area contributed by atoms with E-state index in [1.54, 1.807) is 0 Å². The van der Waals surface area contributed by atoms with Crippen molar-refractivity contribution in [2.45, 2.75) is 44.5 Å². The Morgan fingerprint density at radius 1 is 0.939 bits per heavy atom. The average molecular weight is 481 g/mol. The fourth-order valence-corrected chi connectivity index (χ4v) is 4.51. The average Bonchev–Trinajstić information content (AvgIpc) is 2.71. The minimum absolute atomic E-state index is 0.120. The van der Waals surface area contributed by atoms with Crippen molar-refractivity contribution >= 4 is 29.7 Å². The van der Waals surface area contributed by atoms with Gasteiger partial charge in [-0.15, -0.1) is 11.8 Å². The Hall–Kier alpha value is -3.21. The molecule has 8 nitrogen and oxygen atoms in total. The molecule has 1 aliphatic heterocycles. The van der Waals surface area contributed by atoms with Crippen LogP contribution in [0.4, 0.5) is 8.78 Å². The maximum absolute atomic E-state index is 14.2. The molecule has 0 N–H and O–H groups in total. The summed E-state index contributed by atoms with van der Waals surface area (Å²) in [6, 6.07) is 4.66. The molecule has 2 heterocycles. The smallest absolute Gasteiger partial charge is 0.303 e. The van der Waals surface area contributed by atoms with E-state index in [1.807, 2.05) is 0 Å². The summed E-state index contributed by atoms with van der Waals surface area (Å²) in [5.41, 5.74) is -0.403. The van der Waals surface area contributed by atoms with Crippen LogP contribution in [-0.4, -0.2) is 52.4 Å². The zero-order chi connectivity index (χ0) is 24.1. The molecule has 4 atom stereocenters. The molecule has 3 rings (SSSR count). The highest BCUT2D eigenvalue weighted by Crippen LogP contribution is 2.35. The maximum atomic E-state index is 14.2. The number of hydrogen-bond acceptors (Lipinski definition) is 9. The van der Waals surface area contributed by atoms with E-state index in [-0.39, 0.29) is 17.1 Å². The molecule has 1 saturated heterocycles. The Kier molecular flexibility index (Phi) is 7.85. The molecule has 0 amide bonds. The van der Waals surface area contributed by atoms with Crippen molar-refractivity contribution in [3.05, 3.63) is 48.3 Å². The summed E-state index contributed by atoms with van der Waals surface area (Å²) in [5.74, 6) is -2.98. The van der Waals surface area contributed by atoms with Gasteiger partial charge in [0.05, 0.1) is 6.20 Å². The van der Waals surface area contributed by atoms with Gasteiger partial charge in [-0.25, -0.2) is 8.78 Å². The second kappa shape index (κ2) is 10.6. The molecule has 1 fully saturated rings. The number of hydrogen-bond donors (Lipinski definition) is 0. The van der Waals surface area contributed by atoms with Crippen LogP contribution in [0.5, 0.6) is 5.75 Å². The van der Waals surface area contributed by atoms with Crippen LogP contribution in [0.15, 0.2) is 36.7 Å². The first-order valence-electron chi connectivity index (χ1n) is 9.84. The van der Waals surface area contributed by atoms with Gasteiger partial charge in [-0.2, -0.15) is 0 Å². The third-order valence-corrected chi connectivity index (χ3v) is 5.73. The second-order valence-corrected chi connectivity index (χ2v) is 8.28. The summed E-state index contributed by atoms with van der Waals surface area (Å²) >= 11 is 1.18. The maximum Gasteiger partial charge on any atom is 0.303 e. The molecule has 2 aromatic rings. The van der Waals surface area contributed by atoms with E-state index in [4.69, 9.17) is 18.9 Å². The van der Waals surface area contributed by atoms with Gasteiger partial charge in [0.2, 0.25) is 0 Å². The molecule has 0 saturated carbocycles. The summed E-state index contributed by atoms with van der Waals surface area (Å²) in [6.45, 7) is 3.57. The lowest BCUT2D eigenvalue weighted by Gasteiger charge is -2.39. The van der Waals surface area contributed by atoms with E-state index in [9.17, 15) is 23.2 Å². The van der Waals surface area contributed by atoms with E-state index < -0.39 is 53.3 Å². The SMILES string of the molecule is CC(=O)O[C@@H]1[C@@H](OC(C)=O)[C@@H](Oc2cncc(-c3ccc(F)cc3F)c2)SC[C@H]1OC(C)=O. The van der Waals surface area contributed by atoms with Crippen LogP contribution < -0.4 is 4.74 Å². The molecule has 0 unspecified atom stereocenters. The number of nitrogens with zero attached hydrogens (tertiary/aromatic N) is 1. The lowest BCUT2D eigenvalue weighted by Crippen LogP contribution is -2.55. The quantitative estimate of drug-likeness (QED) is 0.454. The van der Waals surface area contributed by atoms with Gasteiger partial charge in [-0.3, -0.25) is 19.4 Å². The summed E-state index contributed by atoms with van der Waals surface area (Å²) < 4.78 is 49.3. The molecule has 11 heteroatoms.